The molecule has 2 saturated carbocycles. The number of likely N-dealkylation sites (tertiary alicyclic amines) is 1. The Bertz CT molecular complexity index is 537. The SMILES string of the molecule is C[C@]12CCC[C@]3(CO3)[C@H]1C[C@@H]1[C@H](CN3CCCCCC3)C(=O)O[C@@H]1C2. The van der Waals surface area contributed by atoms with Crippen molar-refractivity contribution in [2.45, 2.75) is 76.4 Å². The number of carbonyl (C=O) groups excluding carboxylic acids is 1. The Morgan fingerprint density at radius 3 is 2.60 bits per heavy atom. The molecule has 0 radical (unpaired) electrons. The average Bonchev–Trinajstić information content (AvgIpc) is 3.32. The van der Waals surface area contributed by atoms with Gasteiger partial charge in [0.1, 0.15) is 6.10 Å². The Hall–Kier alpha value is -0.610. The first-order valence-corrected chi connectivity index (χ1v) is 10.7. The van der Waals surface area contributed by atoms with Crippen LogP contribution in [0.5, 0.6) is 0 Å². The second kappa shape index (κ2) is 5.95. The van der Waals surface area contributed by atoms with Gasteiger partial charge in [0.25, 0.3) is 0 Å². The van der Waals surface area contributed by atoms with Crippen molar-refractivity contribution in [3.8, 4) is 0 Å². The minimum atomic E-state index is 0.0901. The summed E-state index contributed by atoms with van der Waals surface area (Å²) in [6.07, 6.45) is 11.4. The first-order valence-electron chi connectivity index (χ1n) is 10.7. The van der Waals surface area contributed by atoms with Crippen LogP contribution in [0.15, 0.2) is 0 Å². The smallest absolute Gasteiger partial charge is 0.310 e. The Morgan fingerprint density at radius 2 is 1.88 bits per heavy atom. The zero-order valence-electron chi connectivity index (χ0n) is 15.7. The third-order valence-electron chi connectivity index (χ3n) is 8.23. The van der Waals surface area contributed by atoms with Crippen molar-refractivity contribution in [2.75, 3.05) is 26.2 Å². The lowest BCUT2D eigenvalue weighted by Crippen LogP contribution is -2.51. The van der Waals surface area contributed by atoms with Crippen LogP contribution in [0.4, 0.5) is 0 Å². The molecular weight excluding hydrogens is 314 g/mol. The number of hydrogen-bond donors (Lipinski definition) is 0. The van der Waals surface area contributed by atoms with Gasteiger partial charge in [-0.2, -0.15) is 0 Å². The molecule has 3 heterocycles. The Labute approximate surface area is 151 Å². The van der Waals surface area contributed by atoms with Crippen LogP contribution in [0.3, 0.4) is 0 Å². The molecule has 0 aromatic heterocycles. The van der Waals surface area contributed by atoms with Gasteiger partial charge in [-0.05, 0) is 69.4 Å². The minimum Gasteiger partial charge on any atom is -0.462 e. The predicted molar refractivity (Wildman–Crippen MR) is 95.1 cm³/mol. The summed E-state index contributed by atoms with van der Waals surface area (Å²) in [6, 6.07) is 0. The number of carbonyl (C=O) groups is 1. The van der Waals surface area contributed by atoms with E-state index in [1.54, 1.807) is 0 Å². The summed E-state index contributed by atoms with van der Waals surface area (Å²) >= 11 is 0. The number of esters is 1. The average molecular weight is 347 g/mol. The van der Waals surface area contributed by atoms with E-state index in [1.165, 1.54) is 44.9 Å². The fourth-order valence-corrected chi connectivity index (χ4v) is 6.76. The summed E-state index contributed by atoms with van der Waals surface area (Å²) in [7, 11) is 0. The Balaban J connectivity index is 1.34. The molecule has 4 heteroatoms. The van der Waals surface area contributed by atoms with Crippen LogP contribution < -0.4 is 0 Å². The van der Waals surface area contributed by atoms with Gasteiger partial charge in [-0.25, -0.2) is 0 Å². The Morgan fingerprint density at radius 1 is 1.12 bits per heavy atom. The van der Waals surface area contributed by atoms with Crippen LogP contribution in [0, 0.1) is 23.2 Å². The number of rotatable bonds is 2. The van der Waals surface area contributed by atoms with E-state index in [0.717, 1.165) is 39.1 Å². The second-order valence-electron chi connectivity index (χ2n) is 9.81. The highest BCUT2D eigenvalue weighted by Crippen LogP contribution is 2.62. The van der Waals surface area contributed by atoms with E-state index in [2.05, 4.69) is 11.8 Å². The van der Waals surface area contributed by atoms with E-state index >= 15 is 0 Å². The molecule has 3 aliphatic heterocycles. The van der Waals surface area contributed by atoms with Crippen LogP contribution in [0.1, 0.15) is 64.7 Å². The van der Waals surface area contributed by atoms with Gasteiger partial charge < -0.3 is 14.4 Å². The lowest BCUT2D eigenvalue weighted by Gasteiger charge is -2.51. The molecule has 0 amide bonds. The molecule has 4 nitrogen and oxygen atoms in total. The van der Waals surface area contributed by atoms with Gasteiger partial charge in [0.05, 0.1) is 18.1 Å². The van der Waals surface area contributed by atoms with E-state index in [1.807, 2.05) is 0 Å². The largest absolute Gasteiger partial charge is 0.462 e. The maximum absolute atomic E-state index is 12.7. The normalized spacial score (nSPS) is 50.0. The number of ether oxygens (including phenoxy) is 2. The fourth-order valence-electron chi connectivity index (χ4n) is 6.76. The number of hydrogen-bond acceptors (Lipinski definition) is 4. The second-order valence-corrected chi connectivity index (χ2v) is 9.81. The van der Waals surface area contributed by atoms with Gasteiger partial charge in [-0.3, -0.25) is 4.79 Å². The maximum atomic E-state index is 12.7. The predicted octanol–water partition coefficient (Wildman–Crippen LogP) is 3.39. The molecule has 0 unspecified atom stereocenters. The third-order valence-corrected chi connectivity index (χ3v) is 8.23. The summed E-state index contributed by atoms with van der Waals surface area (Å²) in [6.45, 7) is 6.64. The minimum absolute atomic E-state index is 0.0901. The van der Waals surface area contributed by atoms with Gasteiger partial charge in [0, 0.05) is 12.5 Å². The van der Waals surface area contributed by atoms with Crippen LogP contribution in [-0.4, -0.2) is 48.8 Å². The van der Waals surface area contributed by atoms with E-state index in [4.69, 9.17) is 9.47 Å². The summed E-state index contributed by atoms with van der Waals surface area (Å²) in [5.41, 5.74) is 0.477. The molecule has 3 saturated heterocycles. The molecule has 5 fully saturated rings. The zero-order chi connectivity index (χ0) is 17.1. The lowest BCUT2D eigenvalue weighted by molar-refractivity contribution is -0.147. The van der Waals surface area contributed by atoms with Crippen molar-refractivity contribution in [3.63, 3.8) is 0 Å². The summed E-state index contributed by atoms with van der Waals surface area (Å²) in [4.78, 5) is 15.2. The molecule has 0 bridgehead atoms. The fraction of sp³-hybridized carbons (Fsp3) is 0.952. The summed E-state index contributed by atoms with van der Waals surface area (Å²) < 4.78 is 12.0. The molecule has 2 aliphatic carbocycles. The molecular formula is C21H33NO3. The van der Waals surface area contributed by atoms with Gasteiger partial charge in [0.15, 0.2) is 0 Å². The number of epoxide rings is 1. The molecule has 0 aromatic carbocycles. The van der Waals surface area contributed by atoms with Crippen LogP contribution >= 0.6 is 0 Å². The Kier molecular flexibility index (Phi) is 3.94. The van der Waals surface area contributed by atoms with Crippen molar-refractivity contribution in [1.29, 1.82) is 0 Å². The summed E-state index contributed by atoms with van der Waals surface area (Å²) in [5, 5.41) is 0. The van der Waals surface area contributed by atoms with Crippen molar-refractivity contribution in [1.82, 2.24) is 4.90 Å². The van der Waals surface area contributed by atoms with Gasteiger partial charge in [-0.1, -0.05) is 19.8 Å². The molecule has 5 aliphatic rings. The molecule has 1 spiro atoms. The van der Waals surface area contributed by atoms with Gasteiger partial charge in [0.2, 0.25) is 0 Å². The monoisotopic (exact) mass is 347 g/mol. The highest BCUT2D eigenvalue weighted by atomic mass is 16.6. The lowest BCUT2D eigenvalue weighted by atomic mass is 9.53. The van der Waals surface area contributed by atoms with Crippen LogP contribution in [0.2, 0.25) is 0 Å². The van der Waals surface area contributed by atoms with Crippen LogP contribution in [0.25, 0.3) is 0 Å². The summed E-state index contributed by atoms with van der Waals surface area (Å²) in [5.74, 6) is 1.25. The highest BCUT2D eigenvalue weighted by Gasteiger charge is 2.65. The van der Waals surface area contributed by atoms with Gasteiger partial charge in [-0.15, -0.1) is 0 Å². The molecule has 25 heavy (non-hydrogen) atoms. The quantitative estimate of drug-likeness (QED) is 0.567. The van der Waals surface area contributed by atoms with Crippen molar-refractivity contribution in [3.05, 3.63) is 0 Å². The molecule has 5 rings (SSSR count). The molecule has 0 aromatic rings. The van der Waals surface area contributed by atoms with Crippen molar-refractivity contribution >= 4 is 5.97 Å². The molecule has 6 atom stereocenters. The topological polar surface area (TPSA) is 42.1 Å². The van der Waals surface area contributed by atoms with E-state index in [0.29, 0.717) is 17.3 Å². The molecule has 140 valence electrons. The van der Waals surface area contributed by atoms with E-state index in [9.17, 15) is 4.79 Å². The maximum Gasteiger partial charge on any atom is 0.310 e. The first kappa shape index (κ1) is 16.6. The van der Waals surface area contributed by atoms with Crippen molar-refractivity contribution in [2.24, 2.45) is 23.2 Å². The molecule has 0 N–H and O–H groups in total. The standard InChI is InChI=1S/C21H33NO3/c1-20-7-6-8-21(14-24-21)18(20)11-15-16(19(23)25-17(15)12-20)13-22-9-4-2-3-5-10-22/h15-18H,2-14H2,1H3/t15-,16+,17-,18+,20-,21+/m1/s1. The van der Waals surface area contributed by atoms with Crippen LogP contribution in [-0.2, 0) is 14.3 Å². The third kappa shape index (κ3) is 2.75. The van der Waals surface area contributed by atoms with Gasteiger partial charge >= 0.3 is 5.97 Å². The zero-order valence-corrected chi connectivity index (χ0v) is 15.7. The first-order chi connectivity index (χ1) is 12.1. The van der Waals surface area contributed by atoms with Crippen molar-refractivity contribution < 1.29 is 14.3 Å². The van der Waals surface area contributed by atoms with E-state index < -0.39 is 0 Å². The highest BCUT2D eigenvalue weighted by molar-refractivity contribution is 5.75. The number of nitrogens with zero attached hydrogens (tertiary/aromatic N) is 1. The number of fused-ring (bicyclic) bond motifs is 3. The van der Waals surface area contributed by atoms with E-state index in [-0.39, 0.29) is 23.6 Å².